The van der Waals surface area contributed by atoms with Crippen LogP contribution >= 0.6 is 11.3 Å². The van der Waals surface area contributed by atoms with E-state index in [0.29, 0.717) is 13.0 Å². The lowest BCUT2D eigenvalue weighted by atomic mass is 9.97. The Labute approximate surface area is 118 Å². The van der Waals surface area contributed by atoms with Crippen molar-refractivity contribution in [1.29, 1.82) is 0 Å². The maximum absolute atomic E-state index is 12.0. The second-order valence-electron chi connectivity index (χ2n) is 5.45. The molecule has 1 aromatic rings. The molecule has 19 heavy (non-hydrogen) atoms. The van der Waals surface area contributed by atoms with Crippen molar-refractivity contribution in [3.63, 3.8) is 0 Å². The fourth-order valence-corrected chi connectivity index (χ4v) is 3.39. The number of aromatic nitrogens is 1. The van der Waals surface area contributed by atoms with E-state index in [2.05, 4.69) is 15.7 Å². The number of amides is 1. The molecule has 5 heteroatoms. The van der Waals surface area contributed by atoms with Gasteiger partial charge in [0, 0.05) is 18.3 Å². The van der Waals surface area contributed by atoms with Gasteiger partial charge in [-0.2, -0.15) is 0 Å². The number of nitrogens with zero attached hydrogens (tertiary/aromatic N) is 1. The van der Waals surface area contributed by atoms with Crippen molar-refractivity contribution in [2.24, 2.45) is 5.73 Å². The molecule has 3 N–H and O–H groups in total. The van der Waals surface area contributed by atoms with Crippen LogP contribution < -0.4 is 11.1 Å². The average molecular weight is 281 g/mol. The topological polar surface area (TPSA) is 68.0 Å². The molecular weight excluding hydrogens is 258 g/mol. The van der Waals surface area contributed by atoms with Crippen LogP contribution in [-0.4, -0.2) is 23.0 Å². The molecule has 1 heterocycles. The lowest BCUT2D eigenvalue weighted by Gasteiger charge is -2.28. The molecule has 1 fully saturated rings. The van der Waals surface area contributed by atoms with Crippen LogP contribution in [0.5, 0.6) is 0 Å². The summed E-state index contributed by atoms with van der Waals surface area (Å²) in [4.78, 5) is 16.4. The Balaban J connectivity index is 1.72. The molecule has 0 spiro atoms. The molecule has 0 unspecified atom stereocenters. The summed E-state index contributed by atoms with van der Waals surface area (Å²) >= 11 is 1.66. The van der Waals surface area contributed by atoms with Gasteiger partial charge in [-0.05, 0) is 32.6 Å². The molecule has 106 valence electrons. The quantitative estimate of drug-likeness (QED) is 0.839. The van der Waals surface area contributed by atoms with Crippen molar-refractivity contribution in [2.45, 2.75) is 57.4 Å². The van der Waals surface area contributed by atoms with Crippen LogP contribution in [0, 0.1) is 6.92 Å². The summed E-state index contributed by atoms with van der Waals surface area (Å²) in [7, 11) is 0. The Kier molecular flexibility index (Phi) is 4.93. The summed E-state index contributed by atoms with van der Waals surface area (Å²) in [6.07, 6.45) is 6.72. The van der Waals surface area contributed by atoms with E-state index in [1.165, 1.54) is 12.8 Å². The number of nitrogens with two attached hydrogens (primary N) is 1. The van der Waals surface area contributed by atoms with E-state index in [4.69, 9.17) is 5.73 Å². The van der Waals surface area contributed by atoms with Gasteiger partial charge >= 0.3 is 0 Å². The smallest absolute Gasteiger partial charge is 0.220 e. The van der Waals surface area contributed by atoms with E-state index in [1.54, 1.807) is 11.3 Å². The molecule has 4 nitrogen and oxygen atoms in total. The first-order chi connectivity index (χ1) is 9.13. The number of carbonyl (C=O) groups excluding carboxylic acids is 1. The van der Waals surface area contributed by atoms with E-state index in [9.17, 15) is 4.79 Å². The van der Waals surface area contributed by atoms with Gasteiger partial charge in [0.15, 0.2) is 0 Å². The number of rotatable bonds is 6. The fourth-order valence-electron chi connectivity index (χ4n) is 2.74. The van der Waals surface area contributed by atoms with Crippen LogP contribution in [0.3, 0.4) is 0 Å². The maximum Gasteiger partial charge on any atom is 0.220 e. The van der Waals surface area contributed by atoms with Crippen molar-refractivity contribution in [3.8, 4) is 0 Å². The molecule has 1 aromatic heterocycles. The third-order valence-electron chi connectivity index (χ3n) is 3.86. The predicted molar refractivity (Wildman–Crippen MR) is 78.2 cm³/mol. The lowest BCUT2D eigenvalue weighted by molar-refractivity contribution is -0.123. The van der Waals surface area contributed by atoms with Crippen LogP contribution in [0.15, 0.2) is 5.38 Å². The van der Waals surface area contributed by atoms with Crippen molar-refractivity contribution in [1.82, 2.24) is 10.3 Å². The third-order valence-corrected chi connectivity index (χ3v) is 4.68. The Bertz CT molecular complexity index is 424. The second kappa shape index (κ2) is 6.48. The lowest BCUT2D eigenvalue weighted by Crippen LogP contribution is -2.51. The maximum atomic E-state index is 12.0. The molecule has 1 aliphatic rings. The molecule has 0 bridgehead atoms. The molecule has 1 saturated carbocycles. The third kappa shape index (κ3) is 4.01. The Hall–Kier alpha value is -0.940. The Morgan fingerprint density at radius 1 is 1.53 bits per heavy atom. The van der Waals surface area contributed by atoms with Crippen LogP contribution in [0.2, 0.25) is 0 Å². The molecule has 2 rings (SSSR count). The standard InChI is InChI=1S/C14H23N3OS/c1-11-16-12(9-19-11)5-4-6-13(18)17-14(10-15)7-2-3-8-14/h9H,2-8,10,15H2,1H3,(H,17,18). The fraction of sp³-hybridized carbons (Fsp3) is 0.714. The van der Waals surface area contributed by atoms with E-state index in [0.717, 1.165) is 36.4 Å². The van der Waals surface area contributed by atoms with Crippen molar-refractivity contribution in [3.05, 3.63) is 16.1 Å². The Morgan fingerprint density at radius 2 is 2.26 bits per heavy atom. The molecule has 0 saturated heterocycles. The molecule has 0 aromatic carbocycles. The van der Waals surface area contributed by atoms with Crippen LogP contribution in [0.25, 0.3) is 0 Å². The molecule has 0 aliphatic heterocycles. The minimum absolute atomic E-state index is 0.117. The van der Waals surface area contributed by atoms with Gasteiger partial charge in [-0.15, -0.1) is 11.3 Å². The highest BCUT2D eigenvalue weighted by Gasteiger charge is 2.33. The van der Waals surface area contributed by atoms with E-state index in [-0.39, 0.29) is 11.4 Å². The zero-order valence-electron chi connectivity index (χ0n) is 11.6. The number of hydrogen-bond acceptors (Lipinski definition) is 4. The zero-order chi connectivity index (χ0) is 13.7. The summed E-state index contributed by atoms with van der Waals surface area (Å²) in [6.45, 7) is 2.57. The van der Waals surface area contributed by atoms with E-state index < -0.39 is 0 Å². The van der Waals surface area contributed by atoms with E-state index >= 15 is 0 Å². The van der Waals surface area contributed by atoms with Crippen molar-refractivity contribution >= 4 is 17.2 Å². The highest BCUT2D eigenvalue weighted by atomic mass is 32.1. The first-order valence-corrected chi connectivity index (χ1v) is 7.94. The summed E-state index contributed by atoms with van der Waals surface area (Å²) in [5.41, 5.74) is 6.80. The normalized spacial score (nSPS) is 17.6. The minimum atomic E-state index is -0.117. The minimum Gasteiger partial charge on any atom is -0.349 e. The number of nitrogens with one attached hydrogen (secondary N) is 1. The Morgan fingerprint density at radius 3 is 2.84 bits per heavy atom. The van der Waals surface area contributed by atoms with Crippen LogP contribution in [0.4, 0.5) is 0 Å². The molecule has 1 aliphatic carbocycles. The van der Waals surface area contributed by atoms with Gasteiger partial charge in [-0.3, -0.25) is 4.79 Å². The number of thiazole rings is 1. The number of hydrogen-bond donors (Lipinski definition) is 2. The van der Waals surface area contributed by atoms with Crippen molar-refractivity contribution < 1.29 is 4.79 Å². The molecule has 0 radical (unpaired) electrons. The molecule has 1 amide bonds. The largest absolute Gasteiger partial charge is 0.349 e. The van der Waals surface area contributed by atoms with Gasteiger partial charge in [0.1, 0.15) is 0 Å². The van der Waals surface area contributed by atoms with Gasteiger partial charge in [0.05, 0.1) is 16.2 Å². The van der Waals surface area contributed by atoms with Gasteiger partial charge in [-0.25, -0.2) is 4.98 Å². The number of carbonyl (C=O) groups is 1. The first-order valence-electron chi connectivity index (χ1n) is 7.06. The SMILES string of the molecule is Cc1nc(CCCC(=O)NC2(CN)CCCC2)cs1. The van der Waals surface area contributed by atoms with Gasteiger partial charge < -0.3 is 11.1 Å². The van der Waals surface area contributed by atoms with Gasteiger partial charge in [0.25, 0.3) is 0 Å². The molecular formula is C14H23N3OS. The second-order valence-corrected chi connectivity index (χ2v) is 6.51. The summed E-state index contributed by atoms with van der Waals surface area (Å²) < 4.78 is 0. The molecule has 0 atom stereocenters. The zero-order valence-corrected chi connectivity index (χ0v) is 12.4. The van der Waals surface area contributed by atoms with Gasteiger partial charge in [-0.1, -0.05) is 12.8 Å². The highest BCUT2D eigenvalue weighted by molar-refractivity contribution is 7.09. The highest BCUT2D eigenvalue weighted by Crippen LogP contribution is 2.28. The average Bonchev–Trinajstić information content (AvgIpc) is 2.99. The predicted octanol–water partition coefficient (Wildman–Crippen LogP) is 2.16. The summed E-state index contributed by atoms with van der Waals surface area (Å²) in [5, 5.41) is 6.32. The van der Waals surface area contributed by atoms with Crippen LogP contribution in [-0.2, 0) is 11.2 Å². The van der Waals surface area contributed by atoms with Crippen LogP contribution in [0.1, 0.15) is 49.2 Å². The summed E-state index contributed by atoms with van der Waals surface area (Å²) in [5.74, 6) is 0.138. The summed E-state index contributed by atoms with van der Waals surface area (Å²) in [6, 6.07) is 0. The van der Waals surface area contributed by atoms with E-state index in [1.807, 2.05) is 6.92 Å². The van der Waals surface area contributed by atoms with Crippen molar-refractivity contribution in [2.75, 3.05) is 6.54 Å². The number of aryl methyl sites for hydroxylation is 2. The first kappa shape index (κ1) is 14.5. The van der Waals surface area contributed by atoms with Gasteiger partial charge in [0.2, 0.25) is 5.91 Å². The monoisotopic (exact) mass is 281 g/mol.